The summed E-state index contributed by atoms with van der Waals surface area (Å²) in [4.78, 5) is 24.7. The Morgan fingerprint density at radius 3 is 2.37 bits per heavy atom. The third kappa shape index (κ3) is 3.58. The van der Waals surface area contributed by atoms with Crippen molar-refractivity contribution in [2.75, 3.05) is 20.2 Å². The lowest BCUT2D eigenvalue weighted by molar-refractivity contribution is -0.159. The molecule has 5 nitrogen and oxygen atoms in total. The summed E-state index contributed by atoms with van der Waals surface area (Å²) >= 11 is 0. The van der Waals surface area contributed by atoms with Crippen LogP contribution in [0.1, 0.15) is 34.1 Å². The fourth-order valence-electron chi connectivity index (χ4n) is 1.97. The monoisotopic (exact) mass is 275 g/mol. The molecule has 0 N–H and O–H groups in total. The minimum Gasteiger partial charge on any atom is -0.469 e. The summed E-state index contributed by atoms with van der Waals surface area (Å²) in [5.74, 6) is -0.580. The third-order valence-corrected chi connectivity index (χ3v) is 3.28. The van der Waals surface area contributed by atoms with Gasteiger partial charge < -0.3 is 14.4 Å². The lowest BCUT2D eigenvalue weighted by Crippen LogP contribution is -2.54. The van der Waals surface area contributed by atoms with Gasteiger partial charge >= 0.3 is 12.1 Å². The molecule has 1 amide bonds. The van der Waals surface area contributed by atoms with E-state index in [9.17, 15) is 14.0 Å². The highest BCUT2D eigenvalue weighted by Crippen LogP contribution is 2.35. The fraction of sp³-hybridized carbons (Fsp3) is 0.846. The Morgan fingerprint density at radius 1 is 1.37 bits per heavy atom. The van der Waals surface area contributed by atoms with Crippen LogP contribution in [0.15, 0.2) is 0 Å². The first-order chi connectivity index (χ1) is 8.60. The second-order valence-electron chi connectivity index (χ2n) is 6.05. The lowest BCUT2D eigenvalue weighted by atomic mass is 9.79. The third-order valence-electron chi connectivity index (χ3n) is 3.28. The Labute approximate surface area is 113 Å². The molecule has 0 aromatic carbocycles. The van der Waals surface area contributed by atoms with Crippen LogP contribution in [-0.4, -0.2) is 48.9 Å². The van der Waals surface area contributed by atoms with Crippen LogP contribution < -0.4 is 0 Å². The van der Waals surface area contributed by atoms with Crippen LogP contribution >= 0.6 is 0 Å². The molecule has 1 heterocycles. The van der Waals surface area contributed by atoms with E-state index in [0.717, 1.165) is 0 Å². The number of ether oxygens (including phenoxy) is 2. The van der Waals surface area contributed by atoms with Gasteiger partial charge in [0, 0.05) is 6.54 Å². The maximum atomic E-state index is 14.2. The maximum absolute atomic E-state index is 14.2. The van der Waals surface area contributed by atoms with E-state index in [-0.39, 0.29) is 19.5 Å². The van der Waals surface area contributed by atoms with E-state index < -0.39 is 29.3 Å². The highest BCUT2D eigenvalue weighted by molar-refractivity contribution is 5.78. The van der Waals surface area contributed by atoms with Gasteiger partial charge in [-0.15, -0.1) is 0 Å². The van der Waals surface area contributed by atoms with Crippen LogP contribution in [0.3, 0.4) is 0 Å². The summed E-state index contributed by atoms with van der Waals surface area (Å²) in [6, 6.07) is 0. The molecular formula is C13H22FNO4. The van der Waals surface area contributed by atoms with E-state index in [4.69, 9.17) is 4.74 Å². The van der Waals surface area contributed by atoms with Crippen LogP contribution in [0.4, 0.5) is 9.18 Å². The number of piperidine rings is 1. The molecule has 1 saturated heterocycles. The van der Waals surface area contributed by atoms with E-state index >= 15 is 0 Å². The highest BCUT2D eigenvalue weighted by Gasteiger charge is 2.48. The molecule has 0 bridgehead atoms. The van der Waals surface area contributed by atoms with Crippen molar-refractivity contribution in [3.05, 3.63) is 0 Å². The van der Waals surface area contributed by atoms with Gasteiger partial charge in [-0.25, -0.2) is 9.18 Å². The lowest BCUT2D eigenvalue weighted by Gasteiger charge is -2.40. The molecule has 1 aliphatic rings. The van der Waals surface area contributed by atoms with Gasteiger partial charge in [0.05, 0.1) is 19.1 Å². The molecule has 2 unspecified atom stereocenters. The van der Waals surface area contributed by atoms with Gasteiger partial charge in [-0.1, -0.05) is 0 Å². The largest absolute Gasteiger partial charge is 0.469 e. The normalized spacial score (nSPS) is 27.9. The number of amides is 1. The Morgan fingerprint density at radius 2 is 1.95 bits per heavy atom. The van der Waals surface area contributed by atoms with Gasteiger partial charge in [0.2, 0.25) is 0 Å². The average Bonchev–Trinajstić information content (AvgIpc) is 2.29. The predicted octanol–water partition coefficient (Wildman–Crippen LogP) is 2.14. The molecule has 1 rings (SSSR count). The molecule has 110 valence electrons. The first-order valence-electron chi connectivity index (χ1n) is 6.30. The molecular weight excluding hydrogens is 253 g/mol. The first kappa shape index (κ1) is 15.7. The molecule has 0 radical (unpaired) electrons. The van der Waals surface area contributed by atoms with Crippen molar-refractivity contribution in [1.82, 2.24) is 4.90 Å². The molecule has 0 aliphatic carbocycles. The molecule has 1 aliphatic heterocycles. The Balaban J connectivity index is 2.69. The predicted molar refractivity (Wildman–Crippen MR) is 67.4 cm³/mol. The van der Waals surface area contributed by atoms with Gasteiger partial charge in [-0.2, -0.15) is 0 Å². The summed E-state index contributed by atoms with van der Waals surface area (Å²) in [5, 5.41) is 0. The minimum atomic E-state index is -1.46. The number of esters is 1. The standard InChI is InChI=1S/C13H22FNO4/c1-12(2,3)19-11(17)15-7-6-13(4,9(14)8-15)10(16)18-5/h9H,6-8H2,1-5H3. The van der Waals surface area contributed by atoms with Gasteiger partial charge in [-0.05, 0) is 34.1 Å². The van der Waals surface area contributed by atoms with E-state index in [1.54, 1.807) is 20.8 Å². The van der Waals surface area contributed by atoms with Gasteiger partial charge in [0.1, 0.15) is 11.8 Å². The smallest absolute Gasteiger partial charge is 0.410 e. The molecule has 0 saturated carbocycles. The van der Waals surface area contributed by atoms with Gasteiger partial charge in [-0.3, -0.25) is 4.79 Å². The van der Waals surface area contributed by atoms with Crippen molar-refractivity contribution >= 4 is 12.1 Å². The molecule has 0 aromatic heterocycles. The topological polar surface area (TPSA) is 55.8 Å². The van der Waals surface area contributed by atoms with Crippen molar-refractivity contribution in [3.8, 4) is 0 Å². The van der Waals surface area contributed by atoms with Crippen molar-refractivity contribution < 1.29 is 23.5 Å². The molecule has 19 heavy (non-hydrogen) atoms. The number of nitrogens with zero attached hydrogens (tertiary/aromatic N) is 1. The number of likely N-dealkylation sites (tertiary alicyclic amines) is 1. The van der Waals surface area contributed by atoms with Crippen LogP contribution in [0.5, 0.6) is 0 Å². The first-order valence-corrected chi connectivity index (χ1v) is 6.30. The van der Waals surface area contributed by atoms with Crippen LogP contribution in [0, 0.1) is 5.41 Å². The van der Waals surface area contributed by atoms with Crippen LogP contribution in [-0.2, 0) is 14.3 Å². The highest BCUT2D eigenvalue weighted by atomic mass is 19.1. The zero-order valence-corrected chi connectivity index (χ0v) is 12.2. The molecule has 6 heteroatoms. The van der Waals surface area contributed by atoms with Crippen molar-refractivity contribution in [2.24, 2.45) is 5.41 Å². The van der Waals surface area contributed by atoms with Crippen molar-refractivity contribution in [1.29, 1.82) is 0 Å². The number of carbonyl (C=O) groups excluding carboxylic acids is 2. The van der Waals surface area contributed by atoms with Crippen LogP contribution in [0.2, 0.25) is 0 Å². The molecule has 0 aromatic rings. The number of hydrogen-bond donors (Lipinski definition) is 0. The minimum absolute atomic E-state index is 0.152. The van der Waals surface area contributed by atoms with Crippen molar-refractivity contribution in [2.45, 2.75) is 45.9 Å². The number of rotatable bonds is 1. The zero-order chi connectivity index (χ0) is 14.8. The summed E-state index contributed by atoms with van der Waals surface area (Å²) in [7, 11) is 1.24. The number of methoxy groups -OCH3 is 1. The number of halogens is 1. The molecule has 0 spiro atoms. The quantitative estimate of drug-likeness (QED) is 0.688. The summed E-state index contributed by atoms with van der Waals surface area (Å²) in [6.45, 7) is 6.90. The molecule has 2 atom stereocenters. The van der Waals surface area contributed by atoms with Crippen molar-refractivity contribution in [3.63, 3.8) is 0 Å². The summed E-state index contributed by atoms with van der Waals surface area (Å²) in [5.41, 5.74) is -1.81. The Hall–Kier alpha value is -1.33. The van der Waals surface area contributed by atoms with E-state index in [0.29, 0.717) is 0 Å². The Kier molecular flexibility index (Phi) is 4.43. The fourth-order valence-corrected chi connectivity index (χ4v) is 1.97. The van der Waals surface area contributed by atoms with E-state index in [1.807, 2.05) is 0 Å². The van der Waals surface area contributed by atoms with Gasteiger partial charge in [0.25, 0.3) is 0 Å². The van der Waals surface area contributed by atoms with Gasteiger partial charge in [0.15, 0.2) is 0 Å². The average molecular weight is 275 g/mol. The second kappa shape index (κ2) is 5.35. The molecule has 1 fully saturated rings. The summed E-state index contributed by atoms with van der Waals surface area (Å²) in [6.07, 6.45) is -1.79. The SMILES string of the molecule is COC(=O)C1(C)CCN(C(=O)OC(C)(C)C)CC1F. The number of alkyl halides is 1. The van der Waals surface area contributed by atoms with E-state index in [1.165, 1.54) is 18.9 Å². The second-order valence-corrected chi connectivity index (χ2v) is 6.05. The van der Waals surface area contributed by atoms with Crippen LogP contribution in [0.25, 0.3) is 0 Å². The summed E-state index contributed by atoms with van der Waals surface area (Å²) < 4.78 is 24.0. The van der Waals surface area contributed by atoms with E-state index in [2.05, 4.69) is 4.74 Å². The Bertz CT molecular complexity index is 366. The zero-order valence-electron chi connectivity index (χ0n) is 12.2. The number of hydrogen-bond acceptors (Lipinski definition) is 4. The number of carbonyl (C=O) groups is 2. The maximum Gasteiger partial charge on any atom is 0.410 e.